The fourth-order valence-corrected chi connectivity index (χ4v) is 4.73. The molecular weight excluding hydrogens is 500 g/mol. The number of benzene rings is 2. The maximum absolute atomic E-state index is 13.7. The van der Waals surface area contributed by atoms with Gasteiger partial charge in [-0.2, -0.15) is 0 Å². The van der Waals surface area contributed by atoms with E-state index in [0.717, 1.165) is 11.1 Å². The second-order valence-electron chi connectivity index (χ2n) is 10.5. The molecular formula is C29H38N4O6. The molecule has 4 amide bonds. The monoisotopic (exact) mass is 538 g/mol. The first-order valence-corrected chi connectivity index (χ1v) is 13.0. The molecule has 0 bridgehead atoms. The molecule has 1 unspecified atom stereocenters. The van der Waals surface area contributed by atoms with Crippen LogP contribution < -0.4 is 16.0 Å². The standard InChI is InChI=1S/C29H38N4O6/c1-21(34)30-20-29(23-12-8-5-9-13-23)14-16-33(17-15-29)25(35)24(19-39-18-22-10-6-4-7-11-22)31-26(36)28(2,3)32-27(37)38/h4-13,24,32H,14-20H2,1-3H3,(H,30,34)(H,31,36)(H,37,38). The van der Waals surface area contributed by atoms with Crippen molar-refractivity contribution in [3.63, 3.8) is 0 Å². The molecule has 210 valence electrons. The van der Waals surface area contributed by atoms with Crippen molar-refractivity contribution in [1.29, 1.82) is 0 Å². The molecule has 39 heavy (non-hydrogen) atoms. The van der Waals surface area contributed by atoms with Gasteiger partial charge in [-0.1, -0.05) is 60.7 Å². The van der Waals surface area contributed by atoms with Gasteiger partial charge >= 0.3 is 6.09 Å². The largest absolute Gasteiger partial charge is 0.465 e. The Kier molecular flexibility index (Phi) is 10.1. The first-order chi connectivity index (χ1) is 18.5. The molecule has 10 nitrogen and oxygen atoms in total. The van der Waals surface area contributed by atoms with Gasteiger partial charge in [0.1, 0.15) is 11.6 Å². The Morgan fingerprint density at radius 1 is 1.00 bits per heavy atom. The van der Waals surface area contributed by atoms with Crippen LogP contribution in [0.2, 0.25) is 0 Å². The molecule has 10 heteroatoms. The SMILES string of the molecule is CC(=O)NCC1(c2ccccc2)CCN(C(=O)C(COCc2ccccc2)NC(=O)C(C)(C)NC(=O)O)CC1. The van der Waals surface area contributed by atoms with Gasteiger partial charge in [0.25, 0.3) is 0 Å². The van der Waals surface area contributed by atoms with Crippen molar-refractivity contribution in [2.75, 3.05) is 26.2 Å². The fourth-order valence-electron chi connectivity index (χ4n) is 4.73. The van der Waals surface area contributed by atoms with Crippen LogP contribution in [-0.2, 0) is 31.1 Å². The Bertz CT molecular complexity index is 1130. The van der Waals surface area contributed by atoms with E-state index < -0.39 is 23.6 Å². The number of rotatable bonds is 11. The quantitative estimate of drug-likeness (QED) is 0.347. The Balaban J connectivity index is 1.73. The van der Waals surface area contributed by atoms with Crippen molar-refractivity contribution in [3.8, 4) is 0 Å². The number of hydrogen-bond acceptors (Lipinski definition) is 5. The van der Waals surface area contributed by atoms with Crippen LogP contribution in [0.4, 0.5) is 4.79 Å². The molecule has 3 rings (SSSR count). The summed E-state index contributed by atoms with van der Waals surface area (Å²) in [6.45, 7) is 5.84. The van der Waals surface area contributed by atoms with Crippen LogP contribution in [0.15, 0.2) is 60.7 Å². The lowest BCUT2D eigenvalue weighted by molar-refractivity contribution is -0.141. The second kappa shape index (κ2) is 13.2. The molecule has 1 heterocycles. The third-order valence-electron chi connectivity index (χ3n) is 7.08. The van der Waals surface area contributed by atoms with Gasteiger partial charge in [-0.25, -0.2) is 4.79 Å². The summed E-state index contributed by atoms with van der Waals surface area (Å²) in [5, 5.41) is 16.9. The van der Waals surface area contributed by atoms with Gasteiger partial charge in [-0.15, -0.1) is 0 Å². The summed E-state index contributed by atoms with van der Waals surface area (Å²) in [6.07, 6.45) is -0.0906. The molecule has 1 saturated heterocycles. The summed E-state index contributed by atoms with van der Waals surface area (Å²) in [5.41, 5.74) is 0.251. The van der Waals surface area contributed by atoms with Gasteiger partial charge < -0.3 is 30.7 Å². The Labute approximate surface area is 229 Å². The summed E-state index contributed by atoms with van der Waals surface area (Å²) in [5.74, 6) is -1.05. The summed E-state index contributed by atoms with van der Waals surface area (Å²) in [6, 6.07) is 18.4. The number of ether oxygens (including phenoxy) is 1. The van der Waals surface area contributed by atoms with Crippen LogP contribution in [0.3, 0.4) is 0 Å². The van der Waals surface area contributed by atoms with E-state index in [0.29, 0.717) is 32.5 Å². The summed E-state index contributed by atoms with van der Waals surface area (Å²) < 4.78 is 5.82. The van der Waals surface area contributed by atoms with Crippen molar-refractivity contribution in [2.24, 2.45) is 0 Å². The van der Waals surface area contributed by atoms with E-state index >= 15 is 0 Å². The number of carbonyl (C=O) groups excluding carboxylic acids is 3. The molecule has 2 aromatic rings. The van der Waals surface area contributed by atoms with Gasteiger partial charge in [0.05, 0.1) is 13.2 Å². The average molecular weight is 539 g/mol. The van der Waals surface area contributed by atoms with E-state index in [9.17, 15) is 19.2 Å². The van der Waals surface area contributed by atoms with Crippen LogP contribution in [0, 0.1) is 0 Å². The molecule has 1 fully saturated rings. The lowest BCUT2D eigenvalue weighted by Gasteiger charge is -2.43. The number of nitrogens with zero attached hydrogens (tertiary/aromatic N) is 1. The predicted octanol–water partition coefficient (Wildman–Crippen LogP) is 2.43. The number of likely N-dealkylation sites (tertiary alicyclic amines) is 1. The summed E-state index contributed by atoms with van der Waals surface area (Å²) >= 11 is 0. The Morgan fingerprint density at radius 2 is 1.59 bits per heavy atom. The Morgan fingerprint density at radius 3 is 2.15 bits per heavy atom. The minimum Gasteiger partial charge on any atom is -0.465 e. The zero-order chi connectivity index (χ0) is 28.5. The third kappa shape index (κ3) is 8.28. The van der Waals surface area contributed by atoms with E-state index in [1.54, 1.807) is 4.90 Å². The van der Waals surface area contributed by atoms with Gasteiger partial charge in [0, 0.05) is 32.0 Å². The van der Waals surface area contributed by atoms with E-state index in [1.807, 2.05) is 60.7 Å². The number of amides is 4. The number of carboxylic acid groups (broad SMARTS) is 1. The first-order valence-electron chi connectivity index (χ1n) is 13.0. The molecule has 0 spiro atoms. The molecule has 0 aromatic heterocycles. The van der Waals surface area contributed by atoms with Crippen LogP contribution in [-0.4, -0.2) is 71.6 Å². The van der Waals surface area contributed by atoms with Gasteiger partial charge in [-0.05, 0) is 37.8 Å². The average Bonchev–Trinajstić information content (AvgIpc) is 2.91. The zero-order valence-corrected chi connectivity index (χ0v) is 22.7. The van der Waals surface area contributed by atoms with E-state index in [-0.39, 0.29) is 30.4 Å². The highest BCUT2D eigenvalue weighted by molar-refractivity contribution is 5.93. The lowest BCUT2D eigenvalue weighted by Crippen LogP contribution is -2.61. The van der Waals surface area contributed by atoms with Crippen LogP contribution >= 0.6 is 0 Å². The van der Waals surface area contributed by atoms with E-state index in [4.69, 9.17) is 9.84 Å². The van der Waals surface area contributed by atoms with Gasteiger partial charge in [0.15, 0.2) is 0 Å². The van der Waals surface area contributed by atoms with Crippen LogP contribution in [0.1, 0.15) is 44.7 Å². The highest BCUT2D eigenvalue weighted by atomic mass is 16.5. The van der Waals surface area contributed by atoms with Gasteiger partial charge in [-0.3, -0.25) is 14.4 Å². The maximum Gasteiger partial charge on any atom is 0.405 e. The van der Waals surface area contributed by atoms with E-state index in [2.05, 4.69) is 16.0 Å². The number of piperidine rings is 1. The fraction of sp³-hybridized carbons (Fsp3) is 0.448. The highest BCUT2D eigenvalue weighted by Gasteiger charge is 2.40. The molecule has 1 aliphatic rings. The lowest BCUT2D eigenvalue weighted by atomic mass is 9.72. The van der Waals surface area contributed by atoms with E-state index in [1.165, 1.54) is 20.8 Å². The highest BCUT2D eigenvalue weighted by Crippen LogP contribution is 2.35. The molecule has 0 saturated carbocycles. The number of hydrogen-bond donors (Lipinski definition) is 4. The normalized spacial score (nSPS) is 15.6. The van der Waals surface area contributed by atoms with Crippen molar-refractivity contribution in [3.05, 3.63) is 71.8 Å². The molecule has 2 aromatic carbocycles. The topological polar surface area (TPSA) is 137 Å². The number of carbonyl (C=O) groups is 4. The predicted molar refractivity (Wildman–Crippen MR) is 146 cm³/mol. The smallest absolute Gasteiger partial charge is 0.405 e. The first kappa shape index (κ1) is 29.6. The molecule has 0 radical (unpaired) electrons. The minimum atomic E-state index is -1.45. The van der Waals surface area contributed by atoms with Crippen LogP contribution in [0.5, 0.6) is 0 Å². The number of nitrogens with one attached hydrogen (secondary N) is 3. The Hall–Kier alpha value is -3.92. The van der Waals surface area contributed by atoms with Crippen molar-refractivity contribution >= 4 is 23.8 Å². The van der Waals surface area contributed by atoms with Crippen LogP contribution in [0.25, 0.3) is 0 Å². The maximum atomic E-state index is 13.7. The van der Waals surface area contributed by atoms with Crippen molar-refractivity contribution in [1.82, 2.24) is 20.9 Å². The van der Waals surface area contributed by atoms with Crippen molar-refractivity contribution < 1.29 is 29.0 Å². The van der Waals surface area contributed by atoms with Crippen molar-refractivity contribution in [2.45, 2.75) is 57.2 Å². The summed E-state index contributed by atoms with van der Waals surface area (Å²) in [4.78, 5) is 51.2. The molecule has 1 aliphatic heterocycles. The molecule has 4 N–H and O–H groups in total. The zero-order valence-electron chi connectivity index (χ0n) is 22.7. The summed E-state index contributed by atoms with van der Waals surface area (Å²) in [7, 11) is 0. The molecule has 1 atom stereocenters. The third-order valence-corrected chi connectivity index (χ3v) is 7.08. The molecule has 0 aliphatic carbocycles. The second-order valence-corrected chi connectivity index (χ2v) is 10.5. The minimum absolute atomic E-state index is 0.0746. The van der Waals surface area contributed by atoms with Gasteiger partial charge in [0.2, 0.25) is 17.7 Å².